The van der Waals surface area contributed by atoms with Crippen LogP contribution in [0.2, 0.25) is 0 Å². The van der Waals surface area contributed by atoms with Crippen molar-refractivity contribution in [2.45, 2.75) is 19.7 Å². The molecule has 9 heteroatoms. The summed E-state index contributed by atoms with van der Waals surface area (Å²) in [6, 6.07) is 8.43. The Bertz CT molecular complexity index is 805. The number of carbonyl (C=O) groups excluding carboxylic acids is 2. The van der Waals surface area contributed by atoms with Gasteiger partial charge in [0.2, 0.25) is 11.8 Å². The molecule has 0 aliphatic heterocycles. The summed E-state index contributed by atoms with van der Waals surface area (Å²) >= 11 is 0. The number of halogens is 4. The van der Waals surface area contributed by atoms with Crippen LogP contribution in [0.4, 0.5) is 28.9 Å². The van der Waals surface area contributed by atoms with Crippen LogP contribution in [0, 0.1) is 5.82 Å². The molecule has 5 nitrogen and oxygen atoms in total. The zero-order chi connectivity index (χ0) is 19.3. The van der Waals surface area contributed by atoms with E-state index < -0.39 is 23.8 Å². The van der Waals surface area contributed by atoms with Gasteiger partial charge in [-0.05, 0) is 35.9 Å². The second-order valence-electron chi connectivity index (χ2n) is 5.29. The maximum atomic E-state index is 13.8. The summed E-state index contributed by atoms with van der Waals surface area (Å²) < 4.78 is 53.8. The lowest BCUT2D eigenvalue weighted by atomic mass is 10.1. The number of nitrogens with one attached hydrogen (secondary N) is 2. The van der Waals surface area contributed by atoms with E-state index in [-0.39, 0.29) is 18.0 Å². The van der Waals surface area contributed by atoms with E-state index in [0.29, 0.717) is 11.3 Å². The second kappa shape index (κ2) is 7.85. The predicted octanol–water partition coefficient (Wildman–Crippen LogP) is 3.86. The van der Waals surface area contributed by atoms with Crippen molar-refractivity contribution in [1.82, 2.24) is 0 Å². The van der Waals surface area contributed by atoms with Crippen molar-refractivity contribution < 1.29 is 31.9 Å². The Morgan fingerprint density at radius 2 is 1.69 bits per heavy atom. The normalized spacial score (nSPS) is 11.0. The maximum Gasteiger partial charge on any atom is 0.573 e. The highest BCUT2D eigenvalue weighted by Crippen LogP contribution is 2.23. The van der Waals surface area contributed by atoms with Crippen molar-refractivity contribution in [1.29, 1.82) is 0 Å². The number of rotatable bonds is 5. The largest absolute Gasteiger partial charge is 0.573 e. The average Bonchev–Trinajstić information content (AvgIpc) is 2.50. The molecule has 0 saturated heterocycles. The minimum Gasteiger partial charge on any atom is -0.406 e. The molecule has 2 amide bonds. The van der Waals surface area contributed by atoms with Gasteiger partial charge in [-0.15, -0.1) is 13.2 Å². The Morgan fingerprint density at radius 1 is 1.04 bits per heavy atom. The molecule has 2 N–H and O–H groups in total. The Balaban J connectivity index is 2.01. The topological polar surface area (TPSA) is 67.4 Å². The van der Waals surface area contributed by atoms with Gasteiger partial charge < -0.3 is 15.4 Å². The number of alkyl halides is 3. The summed E-state index contributed by atoms with van der Waals surface area (Å²) in [5.41, 5.74) is 0.594. The molecule has 2 aromatic carbocycles. The SMILES string of the molecule is CC(=O)Nc1ccc(F)c(NC(=O)Cc2ccc(OC(F)(F)F)cc2)c1. The van der Waals surface area contributed by atoms with Gasteiger partial charge in [0.25, 0.3) is 0 Å². The second-order valence-corrected chi connectivity index (χ2v) is 5.29. The third-order valence-electron chi connectivity index (χ3n) is 3.08. The van der Waals surface area contributed by atoms with E-state index in [2.05, 4.69) is 15.4 Å². The standard InChI is InChI=1S/C17H14F4N2O3/c1-10(24)22-12-4-7-14(18)15(9-12)23-16(25)8-11-2-5-13(6-3-11)26-17(19,20)21/h2-7,9H,8H2,1H3,(H,22,24)(H,23,25). The third kappa shape index (κ3) is 6.08. The molecule has 0 aromatic heterocycles. The molecule has 138 valence electrons. The molecule has 0 bridgehead atoms. The van der Waals surface area contributed by atoms with E-state index in [4.69, 9.17) is 0 Å². The highest BCUT2D eigenvalue weighted by molar-refractivity contribution is 5.94. The van der Waals surface area contributed by atoms with Crippen LogP contribution in [0.5, 0.6) is 5.75 Å². The maximum absolute atomic E-state index is 13.8. The molecule has 26 heavy (non-hydrogen) atoms. The van der Waals surface area contributed by atoms with Gasteiger partial charge in [-0.2, -0.15) is 0 Å². The van der Waals surface area contributed by atoms with E-state index in [0.717, 1.165) is 18.2 Å². The molecule has 0 heterocycles. The monoisotopic (exact) mass is 370 g/mol. The van der Waals surface area contributed by atoms with Crippen molar-refractivity contribution in [2.75, 3.05) is 10.6 Å². The van der Waals surface area contributed by atoms with Crippen LogP contribution in [0.25, 0.3) is 0 Å². The van der Waals surface area contributed by atoms with Crippen molar-refractivity contribution in [3.63, 3.8) is 0 Å². The van der Waals surface area contributed by atoms with Crippen molar-refractivity contribution in [3.8, 4) is 5.75 Å². The first-order valence-electron chi connectivity index (χ1n) is 7.34. The van der Waals surface area contributed by atoms with E-state index in [1.807, 2.05) is 0 Å². The smallest absolute Gasteiger partial charge is 0.406 e. The van der Waals surface area contributed by atoms with Crippen molar-refractivity contribution in [3.05, 3.63) is 53.8 Å². The fourth-order valence-electron chi connectivity index (χ4n) is 2.09. The fourth-order valence-corrected chi connectivity index (χ4v) is 2.09. The first kappa shape index (κ1) is 19.2. The molecule has 0 saturated carbocycles. The van der Waals surface area contributed by atoms with Crippen molar-refractivity contribution >= 4 is 23.2 Å². The first-order chi connectivity index (χ1) is 12.1. The number of anilines is 2. The Kier molecular flexibility index (Phi) is 5.81. The van der Waals surface area contributed by atoms with Crippen LogP contribution in [0.15, 0.2) is 42.5 Å². The van der Waals surface area contributed by atoms with Crippen LogP contribution < -0.4 is 15.4 Å². The van der Waals surface area contributed by atoms with Crippen LogP contribution in [-0.2, 0) is 16.0 Å². The summed E-state index contributed by atoms with van der Waals surface area (Å²) in [4.78, 5) is 23.0. The molecule has 0 atom stereocenters. The van der Waals surface area contributed by atoms with Gasteiger partial charge in [0.05, 0.1) is 12.1 Å². The number of carbonyl (C=O) groups is 2. The summed E-state index contributed by atoms with van der Waals surface area (Å²) in [5.74, 6) is -2.03. The van der Waals surface area contributed by atoms with Gasteiger partial charge in [-0.1, -0.05) is 12.1 Å². The van der Waals surface area contributed by atoms with E-state index >= 15 is 0 Å². The lowest BCUT2D eigenvalue weighted by Gasteiger charge is -2.10. The van der Waals surface area contributed by atoms with E-state index in [9.17, 15) is 27.2 Å². The molecule has 0 unspecified atom stereocenters. The number of hydrogen-bond acceptors (Lipinski definition) is 3. The summed E-state index contributed by atoms with van der Waals surface area (Å²) in [6.07, 6.45) is -4.98. The zero-order valence-corrected chi connectivity index (χ0v) is 13.5. The van der Waals surface area contributed by atoms with Gasteiger partial charge in [0, 0.05) is 12.6 Å². The summed E-state index contributed by atoms with van der Waals surface area (Å²) in [6.45, 7) is 1.29. The minimum atomic E-state index is -4.80. The minimum absolute atomic E-state index is 0.127. The van der Waals surface area contributed by atoms with Gasteiger partial charge in [-0.25, -0.2) is 4.39 Å². The molecular weight excluding hydrogens is 356 g/mol. The number of benzene rings is 2. The van der Waals surface area contributed by atoms with Crippen LogP contribution in [-0.4, -0.2) is 18.2 Å². The third-order valence-corrected chi connectivity index (χ3v) is 3.08. The van der Waals surface area contributed by atoms with Crippen LogP contribution >= 0.6 is 0 Å². The number of hydrogen-bond donors (Lipinski definition) is 2. The lowest BCUT2D eigenvalue weighted by Crippen LogP contribution is -2.17. The highest BCUT2D eigenvalue weighted by atomic mass is 19.4. The number of amides is 2. The lowest BCUT2D eigenvalue weighted by molar-refractivity contribution is -0.274. The summed E-state index contributed by atoms with van der Waals surface area (Å²) in [7, 11) is 0. The quantitative estimate of drug-likeness (QED) is 0.786. The number of ether oxygens (including phenoxy) is 1. The molecular formula is C17H14F4N2O3. The van der Waals surface area contributed by atoms with E-state index in [1.54, 1.807) is 0 Å². The first-order valence-corrected chi connectivity index (χ1v) is 7.34. The van der Waals surface area contributed by atoms with Gasteiger partial charge in [0.15, 0.2) is 0 Å². The molecule has 2 aromatic rings. The molecule has 0 aliphatic rings. The fraction of sp³-hybridized carbons (Fsp3) is 0.176. The molecule has 0 fully saturated rings. The van der Waals surface area contributed by atoms with Gasteiger partial charge in [0.1, 0.15) is 11.6 Å². The molecule has 2 rings (SSSR count). The predicted molar refractivity (Wildman–Crippen MR) is 86.2 cm³/mol. The average molecular weight is 370 g/mol. The summed E-state index contributed by atoms with van der Waals surface area (Å²) in [5, 5.41) is 4.81. The molecule has 0 radical (unpaired) electrons. The Labute approximate surface area is 146 Å². The van der Waals surface area contributed by atoms with E-state index in [1.165, 1.54) is 31.2 Å². The van der Waals surface area contributed by atoms with Crippen LogP contribution in [0.3, 0.4) is 0 Å². The van der Waals surface area contributed by atoms with Gasteiger partial charge in [-0.3, -0.25) is 9.59 Å². The van der Waals surface area contributed by atoms with Gasteiger partial charge >= 0.3 is 6.36 Å². The Morgan fingerprint density at radius 3 is 2.27 bits per heavy atom. The zero-order valence-electron chi connectivity index (χ0n) is 13.5. The molecule has 0 aliphatic carbocycles. The molecule has 0 spiro atoms. The highest BCUT2D eigenvalue weighted by Gasteiger charge is 2.30. The Hall–Kier alpha value is -3.10. The van der Waals surface area contributed by atoms with Crippen molar-refractivity contribution in [2.24, 2.45) is 0 Å². The van der Waals surface area contributed by atoms with Crippen LogP contribution in [0.1, 0.15) is 12.5 Å².